The summed E-state index contributed by atoms with van der Waals surface area (Å²) in [5.74, 6) is 2.19. The maximum absolute atomic E-state index is 6.16. The van der Waals surface area contributed by atoms with Gasteiger partial charge in [-0.25, -0.2) is 0 Å². The highest BCUT2D eigenvalue weighted by Gasteiger charge is 2.17. The van der Waals surface area contributed by atoms with Crippen LogP contribution in [0.15, 0.2) is 47.5 Å². The Morgan fingerprint density at radius 1 is 1.12 bits per heavy atom. The van der Waals surface area contributed by atoms with E-state index in [1.54, 1.807) is 7.05 Å². The van der Waals surface area contributed by atoms with Crippen LogP contribution >= 0.6 is 24.0 Å². The van der Waals surface area contributed by atoms with Gasteiger partial charge in [0.15, 0.2) is 5.96 Å². The highest BCUT2D eigenvalue weighted by atomic mass is 127. The first-order chi connectivity index (χ1) is 15.0. The molecule has 7 heteroatoms. The number of guanidine groups is 1. The largest absolute Gasteiger partial charge is 0.493 e. The molecule has 0 radical (unpaired) electrons. The lowest BCUT2D eigenvalue weighted by atomic mass is 10.1. The first-order valence-corrected chi connectivity index (χ1v) is 11.0. The van der Waals surface area contributed by atoms with Crippen molar-refractivity contribution < 1.29 is 9.47 Å². The average molecular weight is 553 g/mol. The van der Waals surface area contributed by atoms with Crippen molar-refractivity contribution >= 4 is 29.9 Å². The molecule has 1 unspecified atom stereocenters. The fourth-order valence-electron chi connectivity index (χ4n) is 3.65. The Bertz CT molecular complexity index is 867. The predicted octanol–water partition coefficient (Wildman–Crippen LogP) is 3.96. The Hall–Kier alpha value is -1.84. The minimum atomic E-state index is 0. The molecule has 1 saturated heterocycles. The Labute approximate surface area is 209 Å². The summed E-state index contributed by atoms with van der Waals surface area (Å²) in [7, 11) is 5.97. The van der Waals surface area contributed by atoms with Crippen molar-refractivity contribution in [1.82, 2.24) is 15.5 Å². The molecular formula is C25H37IN4O2. The molecule has 0 bridgehead atoms. The van der Waals surface area contributed by atoms with Gasteiger partial charge in [-0.05, 0) is 50.2 Å². The van der Waals surface area contributed by atoms with Crippen molar-refractivity contribution in [2.75, 3.05) is 41.0 Å². The van der Waals surface area contributed by atoms with Crippen LogP contribution in [0.2, 0.25) is 0 Å². The second-order valence-corrected chi connectivity index (χ2v) is 8.49. The first-order valence-electron chi connectivity index (χ1n) is 11.0. The third kappa shape index (κ3) is 8.60. The number of benzene rings is 2. The van der Waals surface area contributed by atoms with Crippen molar-refractivity contribution in [2.45, 2.75) is 33.0 Å². The summed E-state index contributed by atoms with van der Waals surface area (Å²) < 4.78 is 11.6. The summed E-state index contributed by atoms with van der Waals surface area (Å²) >= 11 is 0. The number of rotatable bonds is 9. The molecule has 0 aliphatic carbocycles. The number of aliphatic imine (C=N–C) groups is 1. The van der Waals surface area contributed by atoms with Gasteiger partial charge in [-0.1, -0.05) is 36.4 Å². The number of hydrogen-bond acceptors (Lipinski definition) is 4. The van der Waals surface area contributed by atoms with Crippen LogP contribution in [0.3, 0.4) is 0 Å². The molecule has 0 aromatic heterocycles. The van der Waals surface area contributed by atoms with Gasteiger partial charge in [0, 0.05) is 44.8 Å². The summed E-state index contributed by atoms with van der Waals surface area (Å²) in [4.78, 5) is 6.55. The van der Waals surface area contributed by atoms with Gasteiger partial charge in [-0.3, -0.25) is 4.99 Å². The summed E-state index contributed by atoms with van der Waals surface area (Å²) in [5, 5.41) is 6.83. The molecule has 1 aliphatic heterocycles. The second-order valence-electron chi connectivity index (χ2n) is 8.49. The van der Waals surface area contributed by atoms with E-state index < -0.39 is 0 Å². The minimum Gasteiger partial charge on any atom is -0.493 e. The van der Waals surface area contributed by atoms with Gasteiger partial charge in [-0.15, -0.1) is 24.0 Å². The molecular weight excluding hydrogens is 515 g/mol. The topological polar surface area (TPSA) is 58.1 Å². The van der Waals surface area contributed by atoms with Crippen molar-refractivity contribution in [1.29, 1.82) is 0 Å². The van der Waals surface area contributed by atoms with Gasteiger partial charge in [0.1, 0.15) is 5.75 Å². The van der Waals surface area contributed by atoms with E-state index in [0.29, 0.717) is 19.1 Å². The van der Waals surface area contributed by atoms with Gasteiger partial charge in [0.2, 0.25) is 0 Å². The zero-order valence-electron chi connectivity index (χ0n) is 19.7. The highest BCUT2D eigenvalue weighted by Crippen LogP contribution is 2.22. The van der Waals surface area contributed by atoms with Crippen LogP contribution in [0.4, 0.5) is 0 Å². The molecule has 0 saturated carbocycles. The van der Waals surface area contributed by atoms with Crippen LogP contribution in [0.5, 0.6) is 5.75 Å². The smallest absolute Gasteiger partial charge is 0.191 e. The standard InChI is InChI=1S/C25H36N4O2.HI/c1-19-8-9-23(24(12-19)31-18-22-10-11-30-17-22)15-28-25(26-2)27-14-20-6-5-7-21(13-20)16-29(3)4;/h5-9,12-13,22H,10-11,14-18H2,1-4H3,(H2,26,27,28);1H. The molecule has 3 rings (SSSR count). The lowest BCUT2D eigenvalue weighted by Crippen LogP contribution is -2.36. The predicted molar refractivity (Wildman–Crippen MR) is 142 cm³/mol. The molecule has 0 spiro atoms. The van der Waals surface area contributed by atoms with Crippen LogP contribution in [-0.4, -0.2) is 51.8 Å². The molecule has 2 aromatic carbocycles. The number of ether oxygens (including phenoxy) is 2. The number of nitrogens with zero attached hydrogens (tertiary/aromatic N) is 2. The Morgan fingerprint density at radius 3 is 2.62 bits per heavy atom. The normalized spacial score (nSPS) is 16.0. The monoisotopic (exact) mass is 552 g/mol. The minimum absolute atomic E-state index is 0. The summed E-state index contributed by atoms with van der Waals surface area (Å²) in [6, 6.07) is 15.0. The molecule has 1 aliphatic rings. The van der Waals surface area contributed by atoms with E-state index in [1.165, 1.54) is 16.7 Å². The maximum Gasteiger partial charge on any atom is 0.191 e. The van der Waals surface area contributed by atoms with E-state index in [9.17, 15) is 0 Å². The van der Waals surface area contributed by atoms with E-state index in [2.05, 4.69) is 84.0 Å². The van der Waals surface area contributed by atoms with Crippen LogP contribution in [0.25, 0.3) is 0 Å². The van der Waals surface area contributed by atoms with Gasteiger partial charge >= 0.3 is 0 Å². The second kappa shape index (κ2) is 13.6. The zero-order chi connectivity index (χ0) is 22.1. The number of hydrogen-bond donors (Lipinski definition) is 2. The van der Waals surface area contributed by atoms with Crippen molar-refractivity contribution in [3.05, 3.63) is 64.7 Å². The Kier molecular flexibility index (Phi) is 11.3. The van der Waals surface area contributed by atoms with Gasteiger partial charge in [0.25, 0.3) is 0 Å². The van der Waals surface area contributed by atoms with Crippen molar-refractivity contribution in [3.63, 3.8) is 0 Å². The fraction of sp³-hybridized carbons (Fsp3) is 0.480. The summed E-state index contributed by atoms with van der Waals surface area (Å²) in [5.41, 5.74) is 4.86. The molecule has 1 fully saturated rings. The van der Waals surface area contributed by atoms with Gasteiger partial charge < -0.3 is 25.0 Å². The maximum atomic E-state index is 6.16. The van der Waals surface area contributed by atoms with Gasteiger partial charge in [-0.2, -0.15) is 0 Å². The molecule has 2 aromatic rings. The van der Waals surface area contributed by atoms with Crippen LogP contribution in [0, 0.1) is 12.8 Å². The summed E-state index contributed by atoms with van der Waals surface area (Å²) in [6.45, 7) is 6.74. The van der Waals surface area contributed by atoms with E-state index in [0.717, 1.165) is 50.0 Å². The molecule has 1 atom stereocenters. The van der Waals surface area contributed by atoms with E-state index in [1.807, 2.05) is 0 Å². The lowest BCUT2D eigenvalue weighted by Gasteiger charge is -2.17. The fourth-order valence-corrected chi connectivity index (χ4v) is 3.65. The Balaban J connectivity index is 0.00000363. The highest BCUT2D eigenvalue weighted by molar-refractivity contribution is 14.0. The first kappa shape index (κ1) is 26.4. The van der Waals surface area contributed by atoms with E-state index >= 15 is 0 Å². The van der Waals surface area contributed by atoms with E-state index in [-0.39, 0.29) is 24.0 Å². The van der Waals surface area contributed by atoms with Gasteiger partial charge in [0.05, 0.1) is 13.2 Å². The number of nitrogens with one attached hydrogen (secondary N) is 2. The third-order valence-corrected chi connectivity index (χ3v) is 5.34. The number of aryl methyl sites for hydroxylation is 1. The molecule has 1 heterocycles. The zero-order valence-corrected chi connectivity index (χ0v) is 22.0. The molecule has 2 N–H and O–H groups in total. The molecule has 176 valence electrons. The van der Waals surface area contributed by atoms with Crippen LogP contribution in [-0.2, 0) is 24.4 Å². The van der Waals surface area contributed by atoms with Crippen LogP contribution in [0.1, 0.15) is 28.7 Å². The third-order valence-electron chi connectivity index (χ3n) is 5.34. The SMILES string of the molecule is CN=C(NCc1cccc(CN(C)C)c1)NCc1ccc(C)cc1OCC1CCOC1.I. The van der Waals surface area contributed by atoms with E-state index in [4.69, 9.17) is 9.47 Å². The summed E-state index contributed by atoms with van der Waals surface area (Å²) in [6.07, 6.45) is 1.08. The average Bonchev–Trinajstić information content (AvgIpc) is 3.27. The van der Waals surface area contributed by atoms with Crippen molar-refractivity contribution in [2.24, 2.45) is 10.9 Å². The Morgan fingerprint density at radius 2 is 1.91 bits per heavy atom. The molecule has 6 nitrogen and oxygen atoms in total. The quantitative estimate of drug-likeness (QED) is 0.280. The lowest BCUT2D eigenvalue weighted by molar-refractivity contribution is 0.166. The molecule has 0 amide bonds. The molecule has 32 heavy (non-hydrogen) atoms. The van der Waals surface area contributed by atoms with Crippen LogP contribution < -0.4 is 15.4 Å². The number of halogens is 1. The van der Waals surface area contributed by atoms with Crippen molar-refractivity contribution in [3.8, 4) is 5.75 Å².